The molecule has 0 radical (unpaired) electrons. The monoisotopic (exact) mass is 292 g/mol. The molecule has 22 heavy (non-hydrogen) atoms. The summed E-state index contributed by atoms with van der Waals surface area (Å²) in [6, 6.07) is 11.7. The van der Waals surface area contributed by atoms with Crippen LogP contribution < -0.4 is 10.9 Å². The quantitative estimate of drug-likeness (QED) is 0.707. The number of aromatic amines is 1. The topological polar surface area (TPSA) is 83.7 Å². The molecule has 0 saturated heterocycles. The number of rotatable bonds is 2. The standard InChI is InChI=1S/C16H16N6/c17-22-9-3-5-13-16(22)7-6-12(19-13)15-10-14(20-21-15)11-4-1-2-8-18-11/h1-2,4,6-8,10H,3,5,9,17H2,(H,20,21). The molecular weight excluding hydrogens is 276 g/mol. The number of pyridine rings is 2. The lowest BCUT2D eigenvalue weighted by Gasteiger charge is -2.25. The lowest BCUT2D eigenvalue weighted by Crippen LogP contribution is -2.36. The Morgan fingerprint density at radius 3 is 2.91 bits per heavy atom. The Bertz CT molecular complexity index is 795. The summed E-state index contributed by atoms with van der Waals surface area (Å²) in [6.07, 6.45) is 3.75. The first-order chi connectivity index (χ1) is 10.8. The summed E-state index contributed by atoms with van der Waals surface area (Å²) in [4.78, 5) is 9.04. The molecule has 1 aliphatic heterocycles. The van der Waals surface area contributed by atoms with Gasteiger partial charge in [0, 0.05) is 12.7 Å². The smallest absolute Gasteiger partial charge is 0.111 e. The SMILES string of the molecule is NN1CCCc2nc(-c3cc(-c4ccccn4)[nH]n3)ccc21. The average molecular weight is 292 g/mol. The van der Waals surface area contributed by atoms with Crippen molar-refractivity contribution in [2.45, 2.75) is 12.8 Å². The fourth-order valence-corrected chi connectivity index (χ4v) is 2.73. The highest BCUT2D eigenvalue weighted by Gasteiger charge is 2.17. The summed E-state index contributed by atoms with van der Waals surface area (Å²) in [5.41, 5.74) is 5.47. The Balaban J connectivity index is 1.70. The van der Waals surface area contributed by atoms with E-state index in [0.29, 0.717) is 0 Å². The van der Waals surface area contributed by atoms with E-state index in [1.165, 1.54) is 0 Å². The number of nitrogens with one attached hydrogen (secondary N) is 1. The minimum absolute atomic E-state index is 0.817. The minimum atomic E-state index is 0.817. The van der Waals surface area contributed by atoms with Gasteiger partial charge in [0.1, 0.15) is 5.69 Å². The summed E-state index contributed by atoms with van der Waals surface area (Å²) < 4.78 is 0. The maximum atomic E-state index is 5.98. The van der Waals surface area contributed by atoms with E-state index in [9.17, 15) is 0 Å². The third-order valence-electron chi connectivity index (χ3n) is 3.85. The zero-order chi connectivity index (χ0) is 14.9. The van der Waals surface area contributed by atoms with Crippen LogP contribution in [0.3, 0.4) is 0 Å². The molecular formula is C16H16N6. The maximum Gasteiger partial charge on any atom is 0.111 e. The van der Waals surface area contributed by atoms with Gasteiger partial charge in [-0.25, -0.2) is 10.8 Å². The van der Waals surface area contributed by atoms with Gasteiger partial charge in [0.05, 0.1) is 28.5 Å². The van der Waals surface area contributed by atoms with Gasteiger partial charge in [0.25, 0.3) is 0 Å². The lowest BCUT2D eigenvalue weighted by atomic mass is 10.1. The van der Waals surface area contributed by atoms with Crippen molar-refractivity contribution in [3.63, 3.8) is 0 Å². The van der Waals surface area contributed by atoms with Crippen LogP contribution in [0, 0.1) is 0 Å². The molecule has 0 unspecified atom stereocenters. The van der Waals surface area contributed by atoms with Crippen molar-refractivity contribution in [3.05, 3.63) is 48.3 Å². The predicted molar refractivity (Wildman–Crippen MR) is 84.9 cm³/mol. The van der Waals surface area contributed by atoms with Crippen molar-refractivity contribution in [1.82, 2.24) is 20.2 Å². The highest BCUT2D eigenvalue weighted by Crippen LogP contribution is 2.27. The van der Waals surface area contributed by atoms with E-state index in [-0.39, 0.29) is 0 Å². The Labute approximate surface area is 128 Å². The summed E-state index contributed by atoms with van der Waals surface area (Å²) in [7, 11) is 0. The molecule has 0 fully saturated rings. The number of fused-ring (bicyclic) bond motifs is 1. The van der Waals surface area contributed by atoms with E-state index in [4.69, 9.17) is 10.8 Å². The molecule has 3 aromatic heterocycles. The zero-order valence-corrected chi connectivity index (χ0v) is 12.0. The van der Waals surface area contributed by atoms with E-state index in [1.807, 2.05) is 36.4 Å². The number of hydrazine groups is 1. The van der Waals surface area contributed by atoms with E-state index >= 15 is 0 Å². The molecule has 1 aliphatic rings. The number of anilines is 1. The van der Waals surface area contributed by atoms with Crippen LogP contribution >= 0.6 is 0 Å². The number of nitrogens with zero attached hydrogens (tertiary/aromatic N) is 4. The first kappa shape index (κ1) is 13.0. The second kappa shape index (κ2) is 5.23. The van der Waals surface area contributed by atoms with Crippen LogP contribution in [0.1, 0.15) is 12.1 Å². The second-order valence-corrected chi connectivity index (χ2v) is 5.34. The fourth-order valence-electron chi connectivity index (χ4n) is 2.73. The van der Waals surface area contributed by atoms with Gasteiger partial charge in [0.2, 0.25) is 0 Å². The van der Waals surface area contributed by atoms with Crippen LogP contribution in [0.2, 0.25) is 0 Å². The van der Waals surface area contributed by atoms with Gasteiger partial charge in [-0.15, -0.1) is 0 Å². The molecule has 0 bridgehead atoms. The van der Waals surface area contributed by atoms with Crippen molar-refractivity contribution in [3.8, 4) is 22.8 Å². The molecule has 0 spiro atoms. The van der Waals surface area contributed by atoms with Gasteiger partial charge >= 0.3 is 0 Å². The van der Waals surface area contributed by atoms with E-state index in [0.717, 1.165) is 53.5 Å². The van der Waals surface area contributed by atoms with Gasteiger partial charge in [-0.2, -0.15) is 5.10 Å². The van der Waals surface area contributed by atoms with E-state index in [1.54, 1.807) is 11.2 Å². The first-order valence-electron chi connectivity index (χ1n) is 7.30. The molecule has 6 nitrogen and oxygen atoms in total. The zero-order valence-electron chi connectivity index (χ0n) is 12.0. The highest BCUT2D eigenvalue weighted by molar-refractivity contribution is 5.66. The molecule has 0 atom stereocenters. The van der Waals surface area contributed by atoms with Crippen LogP contribution in [0.4, 0.5) is 5.69 Å². The minimum Gasteiger partial charge on any atom is -0.309 e. The number of hydrogen-bond acceptors (Lipinski definition) is 5. The third-order valence-corrected chi connectivity index (χ3v) is 3.85. The van der Waals surface area contributed by atoms with Crippen molar-refractivity contribution in [1.29, 1.82) is 0 Å². The Morgan fingerprint density at radius 2 is 2.05 bits per heavy atom. The molecule has 0 saturated carbocycles. The average Bonchev–Trinajstić information content (AvgIpc) is 3.06. The number of hydrogen-bond donors (Lipinski definition) is 2. The molecule has 110 valence electrons. The molecule has 4 heterocycles. The first-order valence-corrected chi connectivity index (χ1v) is 7.30. The fraction of sp³-hybridized carbons (Fsp3) is 0.188. The van der Waals surface area contributed by atoms with Crippen LogP contribution in [-0.4, -0.2) is 26.7 Å². The third kappa shape index (κ3) is 2.23. The molecule has 3 aromatic rings. The lowest BCUT2D eigenvalue weighted by molar-refractivity contribution is 0.698. The summed E-state index contributed by atoms with van der Waals surface area (Å²) in [5.74, 6) is 5.98. The van der Waals surface area contributed by atoms with Crippen molar-refractivity contribution in [2.75, 3.05) is 11.6 Å². The van der Waals surface area contributed by atoms with Crippen molar-refractivity contribution >= 4 is 5.69 Å². The van der Waals surface area contributed by atoms with Gasteiger partial charge < -0.3 is 5.01 Å². The van der Waals surface area contributed by atoms with Gasteiger partial charge in [-0.1, -0.05) is 6.07 Å². The van der Waals surface area contributed by atoms with E-state index < -0.39 is 0 Å². The number of aryl methyl sites for hydroxylation is 1. The maximum absolute atomic E-state index is 5.98. The Hall–Kier alpha value is -2.73. The number of aromatic nitrogens is 4. The Kier molecular flexibility index (Phi) is 3.08. The summed E-state index contributed by atoms with van der Waals surface area (Å²) >= 11 is 0. The predicted octanol–water partition coefficient (Wildman–Crippen LogP) is 2.16. The van der Waals surface area contributed by atoms with Crippen molar-refractivity contribution in [2.24, 2.45) is 5.84 Å². The van der Waals surface area contributed by atoms with Crippen LogP contribution in [0.5, 0.6) is 0 Å². The highest BCUT2D eigenvalue weighted by atomic mass is 15.4. The van der Waals surface area contributed by atoms with Crippen LogP contribution in [0.25, 0.3) is 22.8 Å². The largest absolute Gasteiger partial charge is 0.309 e. The molecule has 0 aliphatic carbocycles. The number of nitrogens with two attached hydrogens (primary N) is 1. The molecule has 0 amide bonds. The summed E-state index contributed by atoms with van der Waals surface area (Å²) in [5, 5.41) is 9.14. The van der Waals surface area contributed by atoms with Gasteiger partial charge in [-0.05, 0) is 43.2 Å². The Morgan fingerprint density at radius 1 is 1.09 bits per heavy atom. The normalized spacial score (nSPS) is 14.0. The second-order valence-electron chi connectivity index (χ2n) is 5.34. The molecule has 6 heteroatoms. The number of H-pyrrole nitrogens is 1. The van der Waals surface area contributed by atoms with Gasteiger partial charge in [0.15, 0.2) is 0 Å². The van der Waals surface area contributed by atoms with Crippen molar-refractivity contribution < 1.29 is 0 Å². The van der Waals surface area contributed by atoms with Crippen LogP contribution in [-0.2, 0) is 6.42 Å². The molecule has 3 N–H and O–H groups in total. The summed E-state index contributed by atoms with van der Waals surface area (Å²) in [6.45, 7) is 0.875. The van der Waals surface area contributed by atoms with Gasteiger partial charge in [-0.3, -0.25) is 10.1 Å². The molecule has 0 aromatic carbocycles. The van der Waals surface area contributed by atoms with Crippen LogP contribution in [0.15, 0.2) is 42.6 Å². The van der Waals surface area contributed by atoms with E-state index in [2.05, 4.69) is 15.2 Å². The molecule has 4 rings (SSSR count).